The van der Waals surface area contributed by atoms with E-state index < -0.39 is 0 Å². The minimum Gasteiger partial charge on any atom is -0.370 e. The highest BCUT2D eigenvalue weighted by Crippen LogP contribution is 2.02. The molecule has 1 aromatic carbocycles. The number of aliphatic imine (C=N–C) groups is 1. The van der Waals surface area contributed by atoms with Gasteiger partial charge in [0.05, 0.1) is 0 Å². The number of guanidine groups is 1. The van der Waals surface area contributed by atoms with Crippen LogP contribution in [0.2, 0.25) is 0 Å². The van der Waals surface area contributed by atoms with Crippen LogP contribution in [0.5, 0.6) is 0 Å². The van der Waals surface area contributed by atoms with Crippen LogP contribution >= 0.6 is 0 Å². The van der Waals surface area contributed by atoms with Crippen molar-refractivity contribution in [2.45, 2.75) is 26.7 Å². The van der Waals surface area contributed by atoms with E-state index in [2.05, 4.69) is 48.0 Å². The van der Waals surface area contributed by atoms with E-state index >= 15 is 0 Å². The van der Waals surface area contributed by atoms with Gasteiger partial charge in [0.2, 0.25) is 0 Å². The summed E-state index contributed by atoms with van der Waals surface area (Å²) < 4.78 is 0. The monoisotopic (exact) mass is 233 g/mol. The van der Waals surface area contributed by atoms with Crippen molar-refractivity contribution in [2.75, 3.05) is 19.6 Å². The third kappa shape index (κ3) is 4.89. The summed E-state index contributed by atoms with van der Waals surface area (Å²) in [7, 11) is 0. The van der Waals surface area contributed by atoms with Crippen LogP contribution in [-0.4, -0.2) is 30.5 Å². The molecule has 0 heterocycles. The summed E-state index contributed by atoms with van der Waals surface area (Å²) in [6.45, 7) is 6.83. The minimum atomic E-state index is 0.670. The van der Waals surface area contributed by atoms with Gasteiger partial charge >= 0.3 is 0 Å². The number of benzene rings is 1. The van der Waals surface area contributed by atoms with Crippen LogP contribution in [0.25, 0.3) is 0 Å². The molecule has 0 aliphatic heterocycles. The van der Waals surface area contributed by atoms with Crippen molar-refractivity contribution in [3.8, 4) is 0 Å². The Morgan fingerprint density at radius 2 is 1.82 bits per heavy atom. The van der Waals surface area contributed by atoms with E-state index in [1.807, 2.05) is 6.07 Å². The molecule has 0 unspecified atom stereocenters. The first-order chi connectivity index (χ1) is 8.27. The SMILES string of the molecule is CCN(CC)C(N)=NCCCc1ccccc1. The summed E-state index contributed by atoms with van der Waals surface area (Å²) in [5, 5.41) is 0. The second-order valence-corrected chi connectivity index (χ2v) is 4.00. The number of nitrogens with zero attached hydrogens (tertiary/aromatic N) is 2. The lowest BCUT2D eigenvalue weighted by Gasteiger charge is -2.19. The standard InChI is InChI=1S/C14H23N3/c1-3-17(4-2)14(15)16-12-8-11-13-9-6-5-7-10-13/h5-7,9-10H,3-4,8,11-12H2,1-2H3,(H2,15,16). The van der Waals surface area contributed by atoms with E-state index in [-0.39, 0.29) is 0 Å². The van der Waals surface area contributed by atoms with Gasteiger partial charge < -0.3 is 10.6 Å². The molecule has 0 saturated carbocycles. The van der Waals surface area contributed by atoms with Gasteiger partial charge in [-0.1, -0.05) is 30.3 Å². The zero-order chi connectivity index (χ0) is 12.5. The third-order valence-corrected chi connectivity index (χ3v) is 2.83. The molecule has 17 heavy (non-hydrogen) atoms. The molecule has 2 N–H and O–H groups in total. The number of hydrogen-bond acceptors (Lipinski definition) is 1. The Hall–Kier alpha value is -1.51. The molecule has 0 amide bonds. The Morgan fingerprint density at radius 1 is 1.18 bits per heavy atom. The normalized spacial score (nSPS) is 11.5. The third-order valence-electron chi connectivity index (χ3n) is 2.83. The van der Waals surface area contributed by atoms with E-state index in [1.54, 1.807) is 0 Å². The number of hydrogen-bond donors (Lipinski definition) is 1. The van der Waals surface area contributed by atoms with Gasteiger partial charge in [-0.3, -0.25) is 4.99 Å². The lowest BCUT2D eigenvalue weighted by molar-refractivity contribution is 0.458. The molecular formula is C14H23N3. The Kier molecular flexibility index (Phi) is 6.15. The van der Waals surface area contributed by atoms with Gasteiger partial charge in [-0.2, -0.15) is 0 Å². The maximum absolute atomic E-state index is 5.89. The van der Waals surface area contributed by atoms with Crippen molar-refractivity contribution in [3.63, 3.8) is 0 Å². The van der Waals surface area contributed by atoms with Crippen molar-refractivity contribution in [2.24, 2.45) is 10.7 Å². The molecule has 0 spiro atoms. The maximum atomic E-state index is 5.89. The van der Waals surface area contributed by atoms with Gasteiger partial charge in [0.1, 0.15) is 0 Å². The van der Waals surface area contributed by atoms with E-state index in [0.717, 1.165) is 32.5 Å². The zero-order valence-electron chi connectivity index (χ0n) is 10.9. The van der Waals surface area contributed by atoms with E-state index in [1.165, 1.54) is 5.56 Å². The summed E-state index contributed by atoms with van der Waals surface area (Å²) in [6.07, 6.45) is 2.11. The van der Waals surface area contributed by atoms with Crippen molar-refractivity contribution in [3.05, 3.63) is 35.9 Å². The predicted octanol–water partition coefficient (Wildman–Crippen LogP) is 2.28. The van der Waals surface area contributed by atoms with Gasteiger partial charge in [-0.05, 0) is 32.3 Å². The van der Waals surface area contributed by atoms with Crippen molar-refractivity contribution in [1.82, 2.24) is 4.90 Å². The largest absolute Gasteiger partial charge is 0.370 e. The van der Waals surface area contributed by atoms with Crippen LogP contribution in [0.15, 0.2) is 35.3 Å². The number of nitrogens with two attached hydrogens (primary N) is 1. The van der Waals surface area contributed by atoms with Crippen molar-refractivity contribution < 1.29 is 0 Å². The summed E-state index contributed by atoms with van der Waals surface area (Å²) in [6, 6.07) is 10.5. The Bertz CT molecular complexity index is 329. The lowest BCUT2D eigenvalue weighted by atomic mass is 10.1. The highest BCUT2D eigenvalue weighted by molar-refractivity contribution is 5.77. The highest BCUT2D eigenvalue weighted by Gasteiger charge is 2.00. The van der Waals surface area contributed by atoms with Gasteiger partial charge in [0, 0.05) is 19.6 Å². The molecule has 0 saturated heterocycles. The number of aryl methyl sites for hydroxylation is 1. The molecular weight excluding hydrogens is 210 g/mol. The summed E-state index contributed by atoms with van der Waals surface area (Å²) in [5.41, 5.74) is 7.26. The predicted molar refractivity (Wildman–Crippen MR) is 74.2 cm³/mol. The first-order valence-electron chi connectivity index (χ1n) is 6.36. The Balaban J connectivity index is 2.30. The van der Waals surface area contributed by atoms with Gasteiger partial charge in [0.15, 0.2) is 5.96 Å². The van der Waals surface area contributed by atoms with Crippen LogP contribution in [0, 0.1) is 0 Å². The van der Waals surface area contributed by atoms with Gasteiger partial charge in [0.25, 0.3) is 0 Å². The van der Waals surface area contributed by atoms with Crippen LogP contribution in [0.4, 0.5) is 0 Å². The average molecular weight is 233 g/mol. The molecule has 0 bridgehead atoms. The van der Waals surface area contributed by atoms with Gasteiger partial charge in [-0.15, -0.1) is 0 Å². The van der Waals surface area contributed by atoms with E-state index in [0.29, 0.717) is 5.96 Å². The molecule has 0 radical (unpaired) electrons. The topological polar surface area (TPSA) is 41.6 Å². The molecule has 0 aliphatic rings. The quantitative estimate of drug-likeness (QED) is 0.465. The van der Waals surface area contributed by atoms with Gasteiger partial charge in [-0.25, -0.2) is 0 Å². The summed E-state index contributed by atoms with van der Waals surface area (Å²) in [4.78, 5) is 6.47. The van der Waals surface area contributed by atoms with E-state index in [4.69, 9.17) is 5.73 Å². The second kappa shape index (κ2) is 7.71. The van der Waals surface area contributed by atoms with Crippen LogP contribution in [0.3, 0.4) is 0 Å². The molecule has 3 heteroatoms. The molecule has 0 fully saturated rings. The maximum Gasteiger partial charge on any atom is 0.191 e. The van der Waals surface area contributed by atoms with Crippen molar-refractivity contribution in [1.29, 1.82) is 0 Å². The fourth-order valence-corrected chi connectivity index (χ4v) is 1.77. The number of rotatable bonds is 6. The van der Waals surface area contributed by atoms with Crippen molar-refractivity contribution >= 4 is 5.96 Å². The summed E-state index contributed by atoms with van der Waals surface area (Å²) >= 11 is 0. The average Bonchev–Trinajstić information content (AvgIpc) is 2.37. The molecule has 0 atom stereocenters. The second-order valence-electron chi connectivity index (χ2n) is 4.00. The fraction of sp³-hybridized carbons (Fsp3) is 0.500. The smallest absolute Gasteiger partial charge is 0.191 e. The summed E-state index contributed by atoms with van der Waals surface area (Å²) in [5.74, 6) is 0.670. The van der Waals surface area contributed by atoms with E-state index in [9.17, 15) is 0 Å². The Morgan fingerprint density at radius 3 is 2.41 bits per heavy atom. The minimum absolute atomic E-state index is 0.670. The molecule has 3 nitrogen and oxygen atoms in total. The lowest BCUT2D eigenvalue weighted by Crippen LogP contribution is -2.37. The molecule has 1 aromatic rings. The zero-order valence-corrected chi connectivity index (χ0v) is 10.9. The molecule has 1 rings (SSSR count). The van der Waals surface area contributed by atoms with Crippen LogP contribution in [-0.2, 0) is 6.42 Å². The molecule has 0 aliphatic carbocycles. The van der Waals surface area contributed by atoms with Crippen LogP contribution < -0.4 is 5.73 Å². The molecule has 0 aromatic heterocycles. The fourth-order valence-electron chi connectivity index (χ4n) is 1.77. The first kappa shape index (κ1) is 13.6. The molecule has 94 valence electrons. The Labute approximate surface area is 104 Å². The highest BCUT2D eigenvalue weighted by atomic mass is 15.2. The first-order valence-corrected chi connectivity index (χ1v) is 6.36. The van der Waals surface area contributed by atoms with Crippen LogP contribution in [0.1, 0.15) is 25.8 Å².